The van der Waals surface area contributed by atoms with E-state index in [1.807, 2.05) is 11.8 Å². The van der Waals surface area contributed by atoms with Gasteiger partial charge in [0.1, 0.15) is 11.6 Å². The molecule has 0 aliphatic carbocycles. The van der Waals surface area contributed by atoms with Crippen LogP contribution in [0.25, 0.3) is 0 Å². The van der Waals surface area contributed by atoms with Gasteiger partial charge in [-0.2, -0.15) is 11.8 Å². The predicted molar refractivity (Wildman–Crippen MR) is 79.4 cm³/mol. The highest BCUT2D eigenvalue weighted by molar-refractivity contribution is 7.99. The van der Waals surface area contributed by atoms with Crippen LogP contribution in [0.2, 0.25) is 0 Å². The molecule has 1 atom stereocenters. The van der Waals surface area contributed by atoms with Gasteiger partial charge < -0.3 is 5.32 Å². The SMILES string of the molecule is CCNc1nc(C2CCCCS2)nc(C)c1CC. The Hall–Kier alpha value is -0.770. The summed E-state index contributed by atoms with van der Waals surface area (Å²) >= 11 is 2.01. The summed E-state index contributed by atoms with van der Waals surface area (Å²) in [4.78, 5) is 9.51. The van der Waals surface area contributed by atoms with Gasteiger partial charge in [0.05, 0.1) is 5.25 Å². The summed E-state index contributed by atoms with van der Waals surface area (Å²) in [6.45, 7) is 7.31. The number of thioether (sulfide) groups is 1. The molecule has 1 aliphatic rings. The molecule has 0 bridgehead atoms. The van der Waals surface area contributed by atoms with E-state index >= 15 is 0 Å². The van der Waals surface area contributed by atoms with Gasteiger partial charge in [-0.3, -0.25) is 0 Å². The van der Waals surface area contributed by atoms with Crippen molar-refractivity contribution in [1.29, 1.82) is 0 Å². The Labute approximate surface area is 114 Å². The van der Waals surface area contributed by atoms with Crippen LogP contribution in [0.5, 0.6) is 0 Å². The maximum Gasteiger partial charge on any atom is 0.143 e. The number of nitrogens with one attached hydrogen (secondary N) is 1. The zero-order valence-corrected chi connectivity index (χ0v) is 12.4. The molecule has 18 heavy (non-hydrogen) atoms. The Balaban J connectivity index is 2.30. The summed E-state index contributed by atoms with van der Waals surface area (Å²) in [7, 11) is 0. The van der Waals surface area contributed by atoms with Crippen LogP contribution in [-0.2, 0) is 6.42 Å². The van der Waals surface area contributed by atoms with E-state index in [0.717, 1.165) is 30.3 Å². The highest BCUT2D eigenvalue weighted by atomic mass is 32.2. The molecule has 1 aromatic rings. The van der Waals surface area contributed by atoms with Crippen molar-refractivity contribution in [3.05, 3.63) is 17.1 Å². The molecule has 0 aromatic carbocycles. The van der Waals surface area contributed by atoms with Crippen molar-refractivity contribution >= 4 is 17.6 Å². The molecule has 1 saturated heterocycles. The standard InChI is InChI=1S/C14H23N3S/c1-4-11-10(3)16-14(17-13(11)15-5-2)12-8-6-7-9-18-12/h12H,4-9H2,1-3H3,(H,15,16,17). The Morgan fingerprint density at radius 3 is 2.72 bits per heavy atom. The van der Waals surface area contributed by atoms with Crippen molar-refractivity contribution in [2.75, 3.05) is 17.6 Å². The van der Waals surface area contributed by atoms with Gasteiger partial charge in [-0.05, 0) is 38.9 Å². The second-order valence-corrected chi connectivity index (χ2v) is 6.04. The van der Waals surface area contributed by atoms with Gasteiger partial charge in [-0.25, -0.2) is 9.97 Å². The minimum absolute atomic E-state index is 0.501. The molecule has 0 saturated carbocycles. The molecule has 0 amide bonds. The molecule has 1 aromatic heterocycles. The molecule has 2 rings (SSSR count). The van der Waals surface area contributed by atoms with Crippen LogP contribution in [0.4, 0.5) is 5.82 Å². The Morgan fingerprint density at radius 1 is 1.28 bits per heavy atom. The molecule has 1 N–H and O–H groups in total. The lowest BCUT2D eigenvalue weighted by molar-refractivity contribution is 0.659. The molecular formula is C14H23N3S. The number of rotatable bonds is 4. The number of hydrogen-bond donors (Lipinski definition) is 1. The average molecular weight is 265 g/mol. The second kappa shape index (κ2) is 6.41. The van der Waals surface area contributed by atoms with Gasteiger partial charge in [0, 0.05) is 17.8 Å². The predicted octanol–water partition coefficient (Wildman–Crippen LogP) is 3.74. The Bertz CT molecular complexity index is 400. The fourth-order valence-corrected chi connectivity index (χ4v) is 3.69. The van der Waals surface area contributed by atoms with Crippen LogP contribution >= 0.6 is 11.8 Å². The van der Waals surface area contributed by atoms with Crippen molar-refractivity contribution in [1.82, 2.24) is 9.97 Å². The molecule has 1 unspecified atom stereocenters. The van der Waals surface area contributed by atoms with Crippen LogP contribution in [0, 0.1) is 6.92 Å². The molecule has 1 aliphatic heterocycles. The smallest absolute Gasteiger partial charge is 0.143 e. The number of aromatic nitrogens is 2. The van der Waals surface area contributed by atoms with Crippen molar-refractivity contribution in [3.63, 3.8) is 0 Å². The van der Waals surface area contributed by atoms with Gasteiger partial charge in [0.25, 0.3) is 0 Å². The van der Waals surface area contributed by atoms with Crippen LogP contribution in [-0.4, -0.2) is 22.3 Å². The van der Waals surface area contributed by atoms with Crippen LogP contribution in [0.15, 0.2) is 0 Å². The minimum atomic E-state index is 0.501. The summed E-state index contributed by atoms with van der Waals surface area (Å²) in [6, 6.07) is 0. The third kappa shape index (κ3) is 2.97. The van der Waals surface area contributed by atoms with Gasteiger partial charge in [0.15, 0.2) is 0 Å². The van der Waals surface area contributed by atoms with Gasteiger partial charge in [0.2, 0.25) is 0 Å². The quantitative estimate of drug-likeness (QED) is 0.900. The first-order valence-corrected chi connectivity index (χ1v) is 8.04. The highest BCUT2D eigenvalue weighted by Gasteiger charge is 2.21. The van der Waals surface area contributed by atoms with E-state index in [1.165, 1.54) is 30.6 Å². The fourth-order valence-electron chi connectivity index (χ4n) is 2.44. The van der Waals surface area contributed by atoms with E-state index in [4.69, 9.17) is 9.97 Å². The molecule has 0 spiro atoms. The van der Waals surface area contributed by atoms with E-state index in [9.17, 15) is 0 Å². The molecule has 100 valence electrons. The monoisotopic (exact) mass is 265 g/mol. The maximum absolute atomic E-state index is 4.77. The van der Waals surface area contributed by atoms with E-state index < -0.39 is 0 Å². The number of nitrogens with zero attached hydrogens (tertiary/aromatic N) is 2. The topological polar surface area (TPSA) is 37.8 Å². The van der Waals surface area contributed by atoms with Crippen molar-refractivity contribution < 1.29 is 0 Å². The van der Waals surface area contributed by atoms with Crippen LogP contribution < -0.4 is 5.32 Å². The van der Waals surface area contributed by atoms with Crippen molar-refractivity contribution in [2.24, 2.45) is 0 Å². The Kier molecular flexibility index (Phi) is 4.87. The van der Waals surface area contributed by atoms with Crippen LogP contribution in [0.1, 0.15) is 55.4 Å². The lowest BCUT2D eigenvalue weighted by atomic mass is 10.1. The van der Waals surface area contributed by atoms with E-state index in [0.29, 0.717) is 5.25 Å². The summed E-state index contributed by atoms with van der Waals surface area (Å²) < 4.78 is 0. The summed E-state index contributed by atoms with van der Waals surface area (Å²) in [5, 5.41) is 3.89. The molecule has 4 heteroatoms. The molecule has 0 radical (unpaired) electrons. The molecule has 1 fully saturated rings. The van der Waals surface area contributed by atoms with Gasteiger partial charge in [-0.1, -0.05) is 13.3 Å². The average Bonchev–Trinajstić information content (AvgIpc) is 2.40. The lowest BCUT2D eigenvalue weighted by Gasteiger charge is -2.22. The second-order valence-electron chi connectivity index (χ2n) is 4.73. The lowest BCUT2D eigenvalue weighted by Crippen LogP contribution is -2.13. The first-order valence-electron chi connectivity index (χ1n) is 6.99. The number of hydrogen-bond acceptors (Lipinski definition) is 4. The molecule has 3 nitrogen and oxygen atoms in total. The third-order valence-electron chi connectivity index (χ3n) is 3.40. The minimum Gasteiger partial charge on any atom is -0.370 e. The zero-order chi connectivity index (χ0) is 13.0. The number of aryl methyl sites for hydroxylation is 1. The first kappa shape index (κ1) is 13.7. The van der Waals surface area contributed by atoms with Gasteiger partial charge in [-0.15, -0.1) is 0 Å². The van der Waals surface area contributed by atoms with Crippen LogP contribution in [0.3, 0.4) is 0 Å². The van der Waals surface area contributed by atoms with Crippen molar-refractivity contribution in [3.8, 4) is 0 Å². The summed E-state index contributed by atoms with van der Waals surface area (Å²) in [5.41, 5.74) is 2.41. The number of anilines is 1. The third-order valence-corrected chi connectivity index (χ3v) is 4.77. The normalized spacial score (nSPS) is 19.8. The van der Waals surface area contributed by atoms with E-state index in [-0.39, 0.29) is 0 Å². The van der Waals surface area contributed by atoms with E-state index in [1.54, 1.807) is 0 Å². The summed E-state index contributed by atoms with van der Waals surface area (Å²) in [6.07, 6.45) is 4.87. The highest BCUT2D eigenvalue weighted by Crippen LogP contribution is 2.37. The Morgan fingerprint density at radius 2 is 2.11 bits per heavy atom. The van der Waals surface area contributed by atoms with Gasteiger partial charge >= 0.3 is 0 Å². The molecule has 2 heterocycles. The maximum atomic E-state index is 4.77. The largest absolute Gasteiger partial charge is 0.370 e. The first-order chi connectivity index (χ1) is 8.76. The fraction of sp³-hybridized carbons (Fsp3) is 0.714. The zero-order valence-electron chi connectivity index (χ0n) is 11.6. The van der Waals surface area contributed by atoms with Crippen molar-refractivity contribution in [2.45, 2.75) is 51.7 Å². The van der Waals surface area contributed by atoms with E-state index in [2.05, 4.69) is 26.1 Å². The summed E-state index contributed by atoms with van der Waals surface area (Å²) in [5.74, 6) is 3.33. The molecular weight excluding hydrogens is 242 g/mol.